The van der Waals surface area contributed by atoms with Crippen molar-refractivity contribution in [3.05, 3.63) is 59.0 Å². The summed E-state index contributed by atoms with van der Waals surface area (Å²) in [6.45, 7) is 5.31. The molecule has 2 aromatic heterocycles. The maximum absolute atomic E-state index is 12.7. The predicted octanol–water partition coefficient (Wildman–Crippen LogP) is 2.25. The fraction of sp³-hybridized carbons (Fsp3) is 0.333. The van der Waals surface area contributed by atoms with Gasteiger partial charge in [-0.1, -0.05) is 30.0 Å². The highest BCUT2D eigenvalue weighted by molar-refractivity contribution is 7.99. The van der Waals surface area contributed by atoms with Crippen molar-refractivity contribution >= 4 is 34.4 Å². The van der Waals surface area contributed by atoms with Gasteiger partial charge in [0.1, 0.15) is 5.82 Å². The van der Waals surface area contributed by atoms with E-state index in [0.29, 0.717) is 35.7 Å². The summed E-state index contributed by atoms with van der Waals surface area (Å²) in [5.41, 5.74) is 0.609. The van der Waals surface area contributed by atoms with Gasteiger partial charge in [-0.15, -0.1) is 0 Å². The van der Waals surface area contributed by atoms with E-state index in [-0.39, 0.29) is 17.2 Å². The third-order valence-corrected chi connectivity index (χ3v) is 6.03. The van der Waals surface area contributed by atoms with Crippen LogP contribution >= 0.6 is 11.8 Å². The predicted molar refractivity (Wildman–Crippen MR) is 115 cm³/mol. The second kappa shape index (κ2) is 8.65. The fourth-order valence-corrected chi connectivity index (χ4v) is 4.45. The number of anilines is 1. The summed E-state index contributed by atoms with van der Waals surface area (Å²) >= 11 is 1.33. The van der Waals surface area contributed by atoms with Crippen LogP contribution in [0.2, 0.25) is 0 Å². The number of benzene rings is 1. The van der Waals surface area contributed by atoms with Gasteiger partial charge < -0.3 is 9.80 Å². The SMILES string of the molecule is CCn1c(SCC(=O)N2CCN(c3ccccn3)CC2)nc2ccccc2c1=O. The Balaban J connectivity index is 1.41. The standard InChI is InChI=1S/C21H23N5O2S/c1-2-26-20(28)16-7-3-4-8-17(16)23-21(26)29-15-19(27)25-13-11-24(12-14-25)18-9-5-6-10-22-18/h3-10H,2,11-15H2,1H3. The highest BCUT2D eigenvalue weighted by Gasteiger charge is 2.22. The first-order chi connectivity index (χ1) is 14.2. The van der Waals surface area contributed by atoms with E-state index in [1.807, 2.05) is 48.2 Å². The molecule has 29 heavy (non-hydrogen) atoms. The van der Waals surface area contributed by atoms with E-state index in [0.717, 1.165) is 18.9 Å². The molecule has 7 nitrogen and oxygen atoms in total. The second-order valence-corrected chi connectivity index (χ2v) is 7.75. The van der Waals surface area contributed by atoms with Gasteiger partial charge in [0.15, 0.2) is 5.16 Å². The molecule has 0 N–H and O–H groups in total. The Labute approximate surface area is 173 Å². The number of amides is 1. The van der Waals surface area contributed by atoms with E-state index >= 15 is 0 Å². The lowest BCUT2D eigenvalue weighted by Gasteiger charge is -2.35. The molecule has 1 fully saturated rings. The number of para-hydroxylation sites is 1. The fourth-order valence-electron chi connectivity index (χ4n) is 3.48. The molecule has 150 valence electrons. The average Bonchev–Trinajstić information content (AvgIpc) is 2.78. The highest BCUT2D eigenvalue weighted by atomic mass is 32.2. The van der Waals surface area contributed by atoms with Crippen molar-refractivity contribution in [2.24, 2.45) is 0 Å². The van der Waals surface area contributed by atoms with E-state index in [1.54, 1.807) is 16.8 Å². The summed E-state index contributed by atoms with van der Waals surface area (Å²) in [6.07, 6.45) is 1.79. The van der Waals surface area contributed by atoms with E-state index in [1.165, 1.54) is 11.8 Å². The number of piperazine rings is 1. The minimum absolute atomic E-state index is 0.0583. The maximum Gasteiger partial charge on any atom is 0.262 e. The molecule has 0 unspecified atom stereocenters. The lowest BCUT2D eigenvalue weighted by Crippen LogP contribution is -2.49. The number of rotatable bonds is 5. The van der Waals surface area contributed by atoms with Gasteiger partial charge in [-0.3, -0.25) is 14.2 Å². The van der Waals surface area contributed by atoms with Crippen LogP contribution in [0.3, 0.4) is 0 Å². The Kier molecular flexibility index (Phi) is 5.80. The van der Waals surface area contributed by atoms with Crippen LogP contribution in [-0.2, 0) is 11.3 Å². The Hall–Kier alpha value is -2.87. The summed E-state index contributed by atoms with van der Waals surface area (Å²) in [5.74, 6) is 1.29. The summed E-state index contributed by atoms with van der Waals surface area (Å²) in [6, 6.07) is 13.2. The zero-order valence-electron chi connectivity index (χ0n) is 16.3. The number of hydrogen-bond acceptors (Lipinski definition) is 6. The van der Waals surface area contributed by atoms with Gasteiger partial charge in [0.05, 0.1) is 16.7 Å². The molecule has 1 aromatic carbocycles. The van der Waals surface area contributed by atoms with Crippen LogP contribution in [0.15, 0.2) is 58.6 Å². The monoisotopic (exact) mass is 409 g/mol. The molecule has 0 saturated carbocycles. The molecule has 0 bridgehead atoms. The van der Waals surface area contributed by atoms with Gasteiger partial charge in [0.2, 0.25) is 5.91 Å². The van der Waals surface area contributed by atoms with Crippen LogP contribution in [-0.4, -0.2) is 57.3 Å². The van der Waals surface area contributed by atoms with Crippen LogP contribution in [0.25, 0.3) is 10.9 Å². The van der Waals surface area contributed by atoms with Crippen LogP contribution in [0, 0.1) is 0 Å². The molecular formula is C21H23N5O2S. The molecular weight excluding hydrogens is 386 g/mol. The molecule has 0 aliphatic carbocycles. The van der Waals surface area contributed by atoms with Gasteiger partial charge >= 0.3 is 0 Å². The number of pyridine rings is 1. The number of fused-ring (bicyclic) bond motifs is 1. The number of thioether (sulfide) groups is 1. The number of hydrogen-bond donors (Lipinski definition) is 0. The number of nitrogens with zero attached hydrogens (tertiary/aromatic N) is 5. The molecule has 1 aliphatic heterocycles. The maximum atomic E-state index is 12.7. The molecule has 0 spiro atoms. The molecule has 4 rings (SSSR count). The van der Waals surface area contributed by atoms with E-state index in [9.17, 15) is 9.59 Å². The Bertz CT molecular complexity index is 1060. The first-order valence-corrected chi connectivity index (χ1v) is 10.7. The molecule has 0 atom stereocenters. The van der Waals surface area contributed by atoms with Crippen LogP contribution < -0.4 is 10.5 Å². The minimum atomic E-state index is -0.0583. The van der Waals surface area contributed by atoms with Crippen molar-refractivity contribution in [1.29, 1.82) is 0 Å². The lowest BCUT2D eigenvalue weighted by atomic mass is 10.2. The Morgan fingerprint density at radius 2 is 1.83 bits per heavy atom. The Morgan fingerprint density at radius 1 is 1.07 bits per heavy atom. The topological polar surface area (TPSA) is 71.3 Å². The summed E-state index contributed by atoms with van der Waals surface area (Å²) < 4.78 is 1.64. The largest absolute Gasteiger partial charge is 0.353 e. The zero-order valence-corrected chi connectivity index (χ0v) is 17.1. The molecule has 8 heteroatoms. The third kappa shape index (κ3) is 4.12. The molecule has 3 aromatic rings. The summed E-state index contributed by atoms with van der Waals surface area (Å²) in [4.78, 5) is 38.5. The van der Waals surface area contributed by atoms with Crippen LogP contribution in [0.4, 0.5) is 5.82 Å². The average molecular weight is 410 g/mol. The molecule has 1 aliphatic rings. The number of aromatic nitrogens is 3. The van der Waals surface area contributed by atoms with Gasteiger partial charge in [0.25, 0.3) is 5.56 Å². The van der Waals surface area contributed by atoms with Gasteiger partial charge in [-0.2, -0.15) is 0 Å². The normalized spacial score (nSPS) is 14.4. The van der Waals surface area contributed by atoms with E-state index in [4.69, 9.17) is 0 Å². The minimum Gasteiger partial charge on any atom is -0.353 e. The van der Waals surface area contributed by atoms with Gasteiger partial charge in [-0.05, 0) is 31.2 Å². The Morgan fingerprint density at radius 3 is 2.55 bits per heavy atom. The van der Waals surface area contributed by atoms with Gasteiger partial charge in [0, 0.05) is 38.9 Å². The molecule has 1 amide bonds. The van der Waals surface area contributed by atoms with Crippen molar-refractivity contribution in [3.63, 3.8) is 0 Å². The smallest absolute Gasteiger partial charge is 0.262 e. The lowest BCUT2D eigenvalue weighted by molar-refractivity contribution is -0.128. The summed E-state index contributed by atoms with van der Waals surface area (Å²) in [7, 11) is 0. The molecule has 0 radical (unpaired) electrons. The van der Waals surface area contributed by atoms with Gasteiger partial charge in [-0.25, -0.2) is 9.97 Å². The zero-order chi connectivity index (χ0) is 20.2. The molecule has 3 heterocycles. The van der Waals surface area contributed by atoms with Crippen molar-refractivity contribution in [3.8, 4) is 0 Å². The van der Waals surface area contributed by atoms with Crippen LogP contribution in [0.1, 0.15) is 6.92 Å². The summed E-state index contributed by atoms with van der Waals surface area (Å²) in [5, 5.41) is 1.20. The highest BCUT2D eigenvalue weighted by Crippen LogP contribution is 2.19. The second-order valence-electron chi connectivity index (χ2n) is 6.81. The first kappa shape index (κ1) is 19.4. The van der Waals surface area contributed by atoms with Crippen molar-refractivity contribution in [1.82, 2.24) is 19.4 Å². The van der Waals surface area contributed by atoms with Crippen molar-refractivity contribution in [2.45, 2.75) is 18.6 Å². The van der Waals surface area contributed by atoms with Crippen LogP contribution in [0.5, 0.6) is 0 Å². The first-order valence-electron chi connectivity index (χ1n) is 9.73. The molecule has 1 saturated heterocycles. The third-order valence-electron chi connectivity index (χ3n) is 5.07. The van der Waals surface area contributed by atoms with Crippen molar-refractivity contribution < 1.29 is 4.79 Å². The number of carbonyl (C=O) groups excluding carboxylic acids is 1. The van der Waals surface area contributed by atoms with Crippen molar-refractivity contribution in [2.75, 3.05) is 36.8 Å². The van der Waals surface area contributed by atoms with E-state index in [2.05, 4.69) is 14.9 Å². The number of carbonyl (C=O) groups is 1. The quantitative estimate of drug-likeness (QED) is 0.476. The van der Waals surface area contributed by atoms with E-state index < -0.39 is 0 Å².